The molecule has 5 heteroatoms. The zero-order valence-corrected chi connectivity index (χ0v) is 11.5. The van der Waals surface area contributed by atoms with Crippen LogP contribution in [0.2, 0.25) is 0 Å². The molecule has 4 nitrogen and oxygen atoms in total. The number of carbonyl (C=O) groups is 1. The maximum Gasteiger partial charge on any atom is 0.240 e. The number of hydrogen-bond acceptors (Lipinski definition) is 4. The molecule has 2 aromatic rings. The van der Waals surface area contributed by atoms with E-state index in [-0.39, 0.29) is 17.9 Å². The molecular weight excluding hydrogens is 246 g/mol. The average Bonchev–Trinajstić information content (AvgIpc) is 2.66. The van der Waals surface area contributed by atoms with Crippen LogP contribution in [0.1, 0.15) is 19.4 Å². The Labute approximate surface area is 110 Å². The summed E-state index contributed by atoms with van der Waals surface area (Å²) in [5.41, 5.74) is 7.51. The first kappa shape index (κ1) is 12.8. The summed E-state index contributed by atoms with van der Waals surface area (Å²) >= 11 is 1.54. The standard InChI is InChI=1S/C13H17N3OS/c1-7(2)11(12(14)17)16-13-15-9-6-8(3)4-5-10(9)18-13/h4-7,11H,1-3H3,(H2,14,17)(H,15,16). The molecule has 1 unspecified atom stereocenters. The van der Waals surface area contributed by atoms with Crippen molar-refractivity contribution in [1.29, 1.82) is 0 Å². The highest BCUT2D eigenvalue weighted by Gasteiger charge is 2.20. The van der Waals surface area contributed by atoms with E-state index in [2.05, 4.69) is 16.4 Å². The first-order chi connectivity index (χ1) is 8.47. The number of nitrogens with two attached hydrogens (primary N) is 1. The Bertz CT molecular complexity index is 577. The van der Waals surface area contributed by atoms with E-state index in [4.69, 9.17) is 5.73 Å². The lowest BCUT2D eigenvalue weighted by atomic mass is 10.0. The van der Waals surface area contributed by atoms with Crippen LogP contribution in [-0.2, 0) is 4.79 Å². The molecular formula is C13H17N3OS. The Balaban J connectivity index is 2.28. The predicted molar refractivity (Wildman–Crippen MR) is 75.8 cm³/mol. The highest BCUT2D eigenvalue weighted by Crippen LogP contribution is 2.27. The van der Waals surface area contributed by atoms with Crippen LogP contribution in [0.5, 0.6) is 0 Å². The maximum absolute atomic E-state index is 11.4. The van der Waals surface area contributed by atoms with Crippen LogP contribution in [0.3, 0.4) is 0 Å². The highest BCUT2D eigenvalue weighted by molar-refractivity contribution is 7.22. The van der Waals surface area contributed by atoms with Crippen molar-refractivity contribution in [3.8, 4) is 0 Å². The smallest absolute Gasteiger partial charge is 0.240 e. The van der Waals surface area contributed by atoms with Gasteiger partial charge in [0.15, 0.2) is 5.13 Å². The van der Waals surface area contributed by atoms with E-state index in [1.54, 1.807) is 0 Å². The fourth-order valence-corrected chi connectivity index (χ4v) is 2.68. The molecule has 0 bridgehead atoms. The lowest BCUT2D eigenvalue weighted by Crippen LogP contribution is -2.39. The normalized spacial score (nSPS) is 12.9. The molecule has 0 saturated carbocycles. The first-order valence-electron chi connectivity index (χ1n) is 5.90. The monoisotopic (exact) mass is 263 g/mol. The zero-order valence-electron chi connectivity index (χ0n) is 10.7. The summed E-state index contributed by atoms with van der Waals surface area (Å²) in [7, 11) is 0. The molecule has 1 aromatic heterocycles. The molecule has 1 aromatic carbocycles. The Morgan fingerprint density at radius 3 is 2.78 bits per heavy atom. The van der Waals surface area contributed by atoms with E-state index in [0.29, 0.717) is 0 Å². The van der Waals surface area contributed by atoms with Gasteiger partial charge in [-0.3, -0.25) is 4.79 Å². The molecule has 2 rings (SSSR count). The van der Waals surface area contributed by atoms with Crippen molar-refractivity contribution in [3.05, 3.63) is 23.8 Å². The Morgan fingerprint density at radius 1 is 1.44 bits per heavy atom. The first-order valence-corrected chi connectivity index (χ1v) is 6.72. The molecule has 0 radical (unpaired) electrons. The van der Waals surface area contributed by atoms with E-state index in [9.17, 15) is 4.79 Å². The van der Waals surface area contributed by atoms with Crippen molar-refractivity contribution < 1.29 is 4.79 Å². The Hall–Kier alpha value is -1.62. The van der Waals surface area contributed by atoms with Gasteiger partial charge < -0.3 is 11.1 Å². The minimum Gasteiger partial charge on any atom is -0.368 e. The number of aromatic nitrogens is 1. The topological polar surface area (TPSA) is 68.0 Å². The third-order valence-electron chi connectivity index (χ3n) is 2.80. The number of hydrogen-bond donors (Lipinski definition) is 2. The number of aryl methyl sites for hydroxylation is 1. The van der Waals surface area contributed by atoms with Crippen LogP contribution in [0.25, 0.3) is 10.2 Å². The second-order valence-corrected chi connectivity index (χ2v) is 5.79. The lowest BCUT2D eigenvalue weighted by Gasteiger charge is -2.17. The van der Waals surface area contributed by atoms with Gasteiger partial charge >= 0.3 is 0 Å². The number of rotatable bonds is 4. The van der Waals surface area contributed by atoms with Crippen LogP contribution in [0.4, 0.5) is 5.13 Å². The summed E-state index contributed by atoms with van der Waals surface area (Å²) in [4.78, 5) is 15.8. The van der Waals surface area contributed by atoms with E-state index in [1.807, 2.05) is 32.9 Å². The summed E-state index contributed by atoms with van der Waals surface area (Å²) in [6.45, 7) is 5.95. The number of nitrogens with one attached hydrogen (secondary N) is 1. The summed E-state index contributed by atoms with van der Waals surface area (Å²) in [5.74, 6) is -0.211. The van der Waals surface area contributed by atoms with Crippen molar-refractivity contribution in [3.63, 3.8) is 0 Å². The molecule has 1 amide bonds. The van der Waals surface area contributed by atoms with E-state index < -0.39 is 0 Å². The van der Waals surface area contributed by atoms with Gasteiger partial charge in [-0.2, -0.15) is 0 Å². The molecule has 0 saturated heterocycles. The fourth-order valence-electron chi connectivity index (χ4n) is 1.80. The van der Waals surface area contributed by atoms with Gasteiger partial charge in [0, 0.05) is 0 Å². The molecule has 1 atom stereocenters. The summed E-state index contributed by atoms with van der Waals surface area (Å²) in [5, 5.41) is 3.86. The second kappa shape index (κ2) is 4.94. The van der Waals surface area contributed by atoms with Crippen molar-refractivity contribution in [2.24, 2.45) is 11.7 Å². The molecule has 1 heterocycles. The molecule has 0 aliphatic carbocycles. The van der Waals surface area contributed by atoms with Crippen LogP contribution in [-0.4, -0.2) is 16.9 Å². The van der Waals surface area contributed by atoms with Crippen molar-refractivity contribution in [1.82, 2.24) is 4.98 Å². The van der Waals surface area contributed by atoms with E-state index in [1.165, 1.54) is 16.9 Å². The lowest BCUT2D eigenvalue weighted by molar-refractivity contribution is -0.119. The minimum atomic E-state index is -0.383. The third kappa shape index (κ3) is 2.61. The van der Waals surface area contributed by atoms with Crippen molar-refractivity contribution in [2.75, 3.05) is 5.32 Å². The van der Waals surface area contributed by atoms with E-state index >= 15 is 0 Å². The van der Waals surface area contributed by atoms with Crippen molar-refractivity contribution in [2.45, 2.75) is 26.8 Å². The van der Waals surface area contributed by atoms with Gasteiger partial charge in [0.25, 0.3) is 0 Å². The molecule has 18 heavy (non-hydrogen) atoms. The summed E-state index contributed by atoms with van der Waals surface area (Å²) in [6.07, 6.45) is 0. The van der Waals surface area contributed by atoms with Gasteiger partial charge in [0.05, 0.1) is 10.2 Å². The number of fused-ring (bicyclic) bond motifs is 1. The van der Waals surface area contributed by atoms with Crippen molar-refractivity contribution >= 4 is 32.6 Å². The number of primary amides is 1. The number of nitrogens with zero attached hydrogens (tertiary/aromatic N) is 1. The molecule has 0 spiro atoms. The predicted octanol–water partition coefficient (Wildman–Crippen LogP) is 2.53. The Kier molecular flexibility index (Phi) is 3.52. The third-order valence-corrected chi connectivity index (χ3v) is 3.76. The SMILES string of the molecule is Cc1ccc2sc(NC(C(N)=O)C(C)C)nc2c1. The van der Waals surface area contributed by atoms with Gasteiger partial charge in [0.1, 0.15) is 6.04 Å². The average molecular weight is 263 g/mol. The van der Waals surface area contributed by atoms with Gasteiger partial charge in [-0.1, -0.05) is 31.3 Å². The number of carbonyl (C=O) groups excluding carboxylic acids is 1. The number of benzene rings is 1. The summed E-state index contributed by atoms with van der Waals surface area (Å²) < 4.78 is 1.11. The molecule has 0 fully saturated rings. The van der Waals surface area contributed by atoms with Gasteiger partial charge in [-0.05, 0) is 30.5 Å². The highest BCUT2D eigenvalue weighted by atomic mass is 32.1. The summed E-state index contributed by atoms with van der Waals surface area (Å²) in [6, 6.07) is 5.75. The second-order valence-electron chi connectivity index (χ2n) is 4.76. The van der Waals surface area contributed by atoms with Gasteiger partial charge in [0.2, 0.25) is 5.91 Å². The Morgan fingerprint density at radius 2 is 2.17 bits per heavy atom. The van der Waals surface area contributed by atoms with Crippen LogP contribution < -0.4 is 11.1 Å². The molecule has 0 aliphatic heterocycles. The minimum absolute atomic E-state index is 0.135. The van der Waals surface area contributed by atoms with Crippen LogP contribution in [0, 0.1) is 12.8 Å². The molecule has 3 N–H and O–H groups in total. The van der Waals surface area contributed by atoms with Gasteiger partial charge in [-0.15, -0.1) is 0 Å². The largest absolute Gasteiger partial charge is 0.368 e. The fraction of sp³-hybridized carbons (Fsp3) is 0.385. The number of amides is 1. The van der Waals surface area contributed by atoms with E-state index in [0.717, 1.165) is 15.3 Å². The van der Waals surface area contributed by atoms with Gasteiger partial charge in [-0.25, -0.2) is 4.98 Å². The zero-order chi connectivity index (χ0) is 13.3. The molecule has 0 aliphatic rings. The number of anilines is 1. The molecule has 96 valence electrons. The maximum atomic E-state index is 11.4. The number of thiazole rings is 1. The van der Waals surface area contributed by atoms with Crippen LogP contribution >= 0.6 is 11.3 Å². The van der Waals surface area contributed by atoms with Crippen LogP contribution in [0.15, 0.2) is 18.2 Å². The quantitative estimate of drug-likeness (QED) is 0.890.